The van der Waals surface area contributed by atoms with Gasteiger partial charge in [0, 0.05) is 58.3 Å². The molecule has 0 aliphatic rings. The van der Waals surface area contributed by atoms with Gasteiger partial charge in [-0.2, -0.15) is 8.42 Å². The number of carbonyl (C=O) groups excluding carboxylic acids is 1. The normalized spacial score (nSPS) is 12.5. The van der Waals surface area contributed by atoms with E-state index in [9.17, 15) is 13.2 Å². The lowest BCUT2D eigenvalue weighted by molar-refractivity contribution is -0.101. The van der Waals surface area contributed by atoms with Crippen molar-refractivity contribution in [3.8, 4) is 5.75 Å². The van der Waals surface area contributed by atoms with Crippen LogP contribution in [-0.4, -0.2) is 81.5 Å². The Morgan fingerprint density at radius 2 is 1.84 bits per heavy atom. The Morgan fingerprint density at radius 1 is 1.09 bits per heavy atom. The molecule has 0 fully saturated rings. The van der Waals surface area contributed by atoms with Crippen LogP contribution in [0.1, 0.15) is 21.7 Å². The molecule has 0 saturated heterocycles. The minimum Gasteiger partial charge on any atom is -0.491 e. The number of amides is 1. The predicted molar refractivity (Wildman–Crippen MR) is 166 cm³/mol. The van der Waals surface area contributed by atoms with Crippen LogP contribution in [0.2, 0.25) is 0 Å². The van der Waals surface area contributed by atoms with E-state index in [1.165, 1.54) is 4.57 Å². The van der Waals surface area contributed by atoms with Crippen molar-refractivity contribution in [1.29, 1.82) is 0 Å². The maximum Gasteiger partial charge on any atom is 0.295 e. The molecule has 4 rings (SSSR count). The summed E-state index contributed by atoms with van der Waals surface area (Å²) in [5, 5.41) is 3.19. The van der Waals surface area contributed by atoms with Crippen molar-refractivity contribution in [3.05, 3.63) is 71.7 Å². The molecule has 0 aliphatic heterocycles. The molecule has 1 unspecified atom stereocenters. The number of carbonyl (C=O) groups is 1. The molecule has 3 N–H and O–H groups in total. The van der Waals surface area contributed by atoms with Crippen molar-refractivity contribution in [2.45, 2.75) is 29.4 Å². The lowest BCUT2D eigenvalue weighted by Gasteiger charge is -2.24. The van der Waals surface area contributed by atoms with E-state index < -0.39 is 16.3 Å². The highest BCUT2D eigenvalue weighted by Crippen LogP contribution is 2.32. The van der Waals surface area contributed by atoms with Crippen molar-refractivity contribution < 1.29 is 32.2 Å². The number of hydrogen-bond donors (Lipinski definition) is 3. The molecule has 4 aromatic rings. The topological polar surface area (TPSA) is 146 Å². The Balaban J connectivity index is 1.58. The Morgan fingerprint density at radius 3 is 2.49 bits per heavy atom. The Hall–Kier alpha value is -3.56. The van der Waals surface area contributed by atoms with Crippen molar-refractivity contribution in [2.75, 3.05) is 45.8 Å². The van der Waals surface area contributed by atoms with Gasteiger partial charge in [0.15, 0.2) is 6.29 Å². The van der Waals surface area contributed by atoms with E-state index in [4.69, 9.17) is 18.9 Å². The lowest BCUT2D eigenvalue weighted by Crippen LogP contribution is -2.39. The molecule has 14 heteroatoms. The maximum atomic E-state index is 13.3. The number of imidazole rings is 1. The van der Waals surface area contributed by atoms with Crippen LogP contribution >= 0.6 is 11.8 Å². The standard InChI is InChI=1S/C29H37N5O7S2/c1-19-17-34(2)29(31-19)43(36,37)33-23-15-22(41-12-11-38-3)13-21-14-24(32-26(21)23)27(35)30-16-25(28(39-4)40-5)42-18-20-9-7-6-8-10-20/h6-10,13-15,17,25,28,32-33H,11-12,16,18H2,1-5H3,(H,30,35). The number of aromatic amines is 1. The molecule has 0 radical (unpaired) electrons. The van der Waals surface area contributed by atoms with Gasteiger partial charge in [-0.3, -0.25) is 9.52 Å². The third-order valence-electron chi connectivity index (χ3n) is 6.48. The van der Waals surface area contributed by atoms with E-state index in [1.807, 2.05) is 30.3 Å². The number of aromatic nitrogens is 3. The smallest absolute Gasteiger partial charge is 0.295 e. The minimum absolute atomic E-state index is 0.140. The van der Waals surface area contributed by atoms with Gasteiger partial charge in [0.1, 0.15) is 18.1 Å². The molecule has 0 aliphatic carbocycles. The van der Waals surface area contributed by atoms with E-state index in [0.717, 1.165) is 5.56 Å². The van der Waals surface area contributed by atoms with Gasteiger partial charge >= 0.3 is 0 Å². The largest absolute Gasteiger partial charge is 0.491 e. The third-order valence-corrected chi connectivity index (χ3v) is 9.15. The first-order valence-electron chi connectivity index (χ1n) is 13.5. The van der Waals surface area contributed by atoms with Gasteiger partial charge in [-0.05, 0) is 24.6 Å². The molecule has 12 nitrogen and oxygen atoms in total. The third kappa shape index (κ3) is 8.30. The van der Waals surface area contributed by atoms with Crippen molar-refractivity contribution in [1.82, 2.24) is 19.9 Å². The number of anilines is 1. The number of rotatable bonds is 16. The molecule has 232 valence electrons. The number of hydrogen-bond acceptors (Lipinski definition) is 9. The van der Waals surface area contributed by atoms with E-state index in [2.05, 4.69) is 20.0 Å². The number of methoxy groups -OCH3 is 3. The number of thioether (sulfide) groups is 1. The van der Waals surface area contributed by atoms with Gasteiger partial charge in [-0.1, -0.05) is 30.3 Å². The Labute approximate surface area is 255 Å². The number of aryl methyl sites for hydroxylation is 2. The summed E-state index contributed by atoms with van der Waals surface area (Å²) in [7, 11) is 2.22. The maximum absolute atomic E-state index is 13.3. The molecule has 0 spiro atoms. The molecule has 2 aromatic carbocycles. The molecular weight excluding hydrogens is 594 g/mol. The molecule has 0 saturated carbocycles. The zero-order valence-corrected chi connectivity index (χ0v) is 26.4. The summed E-state index contributed by atoms with van der Waals surface area (Å²) in [6.07, 6.45) is 1.08. The fraction of sp³-hybridized carbons (Fsp3) is 0.379. The van der Waals surface area contributed by atoms with Gasteiger partial charge in [0.25, 0.3) is 15.9 Å². The van der Waals surface area contributed by atoms with Crippen molar-refractivity contribution in [3.63, 3.8) is 0 Å². The van der Waals surface area contributed by atoms with Crippen LogP contribution in [-0.2, 0) is 37.0 Å². The summed E-state index contributed by atoms with van der Waals surface area (Å²) in [5.74, 6) is 0.745. The van der Waals surface area contributed by atoms with Crippen LogP contribution < -0.4 is 14.8 Å². The van der Waals surface area contributed by atoms with Crippen LogP contribution in [0.15, 0.2) is 59.9 Å². The first-order valence-corrected chi connectivity index (χ1v) is 16.0. The van der Waals surface area contributed by atoms with Gasteiger partial charge < -0.3 is 33.8 Å². The second-order valence-corrected chi connectivity index (χ2v) is 12.5. The highest BCUT2D eigenvalue weighted by atomic mass is 32.2. The quantitative estimate of drug-likeness (QED) is 0.125. The highest BCUT2D eigenvalue weighted by molar-refractivity contribution is 7.99. The zero-order chi connectivity index (χ0) is 31.0. The number of sulfonamides is 1. The average molecular weight is 632 g/mol. The fourth-order valence-corrected chi connectivity index (χ4v) is 6.90. The molecular formula is C29H37N5O7S2. The van der Waals surface area contributed by atoms with Crippen LogP contribution in [0.25, 0.3) is 10.9 Å². The number of nitrogens with zero attached hydrogens (tertiary/aromatic N) is 2. The number of fused-ring (bicyclic) bond motifs is 1. The number of ether oxygens (including phenoxy) is 4. The summed E-state index contributed by atoms with van der Waals surface area (Å²) < 4.78 is 52.4. The summed E-state index contributed by atoms with van der Waals surface area (Å²) in [4.78, 5) is 20.5. The Bertz CT molecular complexity index is 1620. The molecule has 2 heterocycles. The zero-order valence-electron chi connectivity index (χ0n) is 24.7. The summed E-state index contributed by atoms with van der Waals surface area (Å²) in [6.45, 7) is 2.58. The first kappa shape index (κ1) is 32.4. The van der Waals surface area contributed by atoms with Gasteiger partial charge in [-0.25, -0.2) is 4.98 Å². The van der Waals surface area contributed by atoms with Gasteiger partial charge in [0.05, 0.1) is 28.8 Å². The highest BCUT2D eigenvalue weighted by Gasteiger charge is 2.25. The lowest BCUT2D eigenvalue weighted by atomic mass is 10.2. The second-order valence-electron chi connectivity index (χ2n) is 9.73. The number of benzene rings is 2. The van der Waals surface area contributed by atoms with Crippen LogP contribution in [0, 0.1) is 6.92 Å². The van der Waals surface area contributed by atoms with Crippen molar-refractivity contribution in [2.24, 2.45) is 7.05 Å². The van der Waals surface area contributed by atoms with Crippen molar-refractivity contribution >= 4 is 44.3 Å². The monoisotopic (exact) mass is 631 g/mol. The fourth-order valence-electron chi connectivity index (χ4n) is 4.48. The molecule has 0 bridgehead atoms. The molecule has 2 aromatic heterocycles. The summed E-state index contributed by atoms with van der Waals surface area (Å²) in [5.41, 5.74) is 2.58. The van der Waals surface area contributed by atoms with Crippen LogP contribution in [0.5, 0.6) is 5.75 Å². The predicted octanol–water partition coefficient (Wildman–Crippen LogP) is 3.69. The van der Waals surface area contributed by atoms with E-state index >= 15 is 0 Å². The number of H-pyrrole nitrogens is 1. The summed E-state index contributed by atoms with van der Waals surface area (Å²) >= 11 is 1.61. The SMILES string of the molecule is COCCOc1cc(NS(=O)(=O)c2nc(C)cn2C)c2[nH]c(C(=O)NCC(SCc3ccccc3)C(OC)OC)cc2c1. The minimum atomic E-state index is -4.06. The summed E-state index contributed by atoms with van der Waals surface area (Å²) in [6, 6.07) is 14.9. The van der Waals surface area contributed by atoms with E-state index in [0.29, 0.717) is 34.7 Å². The first-order chi connectivity index (χ1) is 20.6. The second kappa shape index (κ2) is 14.8. The van der Waals surface area contributed by atoms with Gasteiger partial charge in [0.2, 0.25) is 5.16 Å². The molecule has 43 heavy (non-hydrogen) atoms. The van der Waals surface area contributed by atoms with Crippen LogP contribution in [0.4, 0.5) is 5.69 Å². The molecule has 1 amide bonds. The van der Waals surface area contributed by atoms with Gasteiger partial charge in [-0.15, -0.1) is 11.8 Å². The Kier molecular flexibility index (Phi) is 11.1. The average Bonchev–Trinajstić information content (AvgIpc) is 3.58. The van der Waals surface area contributed by atoms with E-state index in [-0.39, 0.29) is 40.8 Å². The van der Waals surface area contributed by atoms with E-state index in [1.54, 1.807) is 71.5 Å². The molecule has 1 atom stereocenters. The number of nitrogens with one attached hydrogen (secondary N) is 3. The van der Waals surface area contributed by atoms with Crippen LogP contribution in [0.3, 0.4) is 0 Å².